The summed E-state index contributed by atoms with van der Waals surface area (Å²) < 4.78 is 5.82. The maximum absolute atomic E-state index is 10.9. The summed E-state index contributed by atoms with van der Waals surface area (Å²) >= 11 is 0. The Morgan fingerprint density at radius 2 is 1.62 bits per heavy atom. The van der Waals surface area contributed by atoms with Crippen molar-refractivity contribution in [2.75, 3.05) is 0 Å². The maximum Gasteiger partial charge on any atom is 0.269 e. The van der Waals surface area contributed by atoms with Crippen molar-refractivity contribution in [3.63, 3.8) is 0 Å². The molecule has 0 fully saturated rings. The zero-order valence-corrected chi connectivity index (χ0v) is 12.5. The average molecular weight is 319 g/mol. The fourth-order valence-corrected chi connectivity index (χ4v) is 2.91. The van der Waals surface area contributed by atoms with Crippen LogP contribution in [-0.4, -0.2) is 10.0 Å². The third kappa shape index (κ3) is 2.31. The molecule has 3 aromatic carbocycles. The lowest BCUT2D eigenvalue weighted by Gasteiger charge is -2.11. The lowest BCUT2D eigenvalue weighted by molar-refractivity contribution is -0.385. The topological polar surface area (TPSA) is 76.5 Å². The molecule has 5 nitrogen and oxygen atoms in total. The summed E-state index contributed by atoms with van der Waals surface area (Å²) in [6.07, 6.45) is -0.956. The van der Waals surface area contributed by atoms with Crippen LogP contribution in [0.15, 0.2) is 71.1 Å². The molecule has 118 valence electrons. The summed E-state index contributed by atoms with van der Waals surface area (Å²) in [5.74, 6) is 0. The Labute approximate surface area is 136 Å². The molecule has 0 amide bonds. The molecule has 1 heterocycles. The SMILES string of the molecule is O=[N+]([O-])c1cccc([C@@H](O)c2ccc3c(c2)oc2ccccc23)c1. The Balaban J connectivity index is 1.79. The van der Waals surface area contributed by atoms with Crippen LogP contribution in [-0.2, 0) is 0 Å². The molecule has 4 aromatic rings. The molecule has 0 radical (unpaired) electrons. The number of aliphatic hydroxyl groups excluding tert-OH is 1. The molecular formula is C19H13NO4. The number of furan rings is 1. The first-order valence-electron chi connectivity index (χ1n) is 7.47. The first-order chi connectivity index (χ1) is 11.6. The molecule has 1 aromatic heterocycles. The lowest BCUT2D eigenvalue weighted by Crippen LogP contribution is -2.00. The van der Waals surface area contributed by atoms with Gasteiger partial charge >= 0.3 is 0 Å². The monoisotopic (exact) mass is 319 g/mol. The number of nitro benzene ring substituents is 1. The molecule has 0 unspecified atom stereocenters. The van der Waals surface area contributed by atoms with Crippen molar-refractivity contribution in [1.82, 2.24) is 0 Å². The molecule has 0 spiro atoms. The van der Waals surface area contributed by atoms with Crippen LogP contribution in [0.5, 0.6) is 0 Å². The van der Waals surface area contributed by atoms with E-state index < -0.39 is 11.0 Å². The summed E-state index contributed by atoms with van der Waals surface area (Å²) in [4.78, 5) is 10.4. The van der Waals surface area contributed by atoms with E-state index in [-0.39, 0.29) is 5.69 Å². The number of para-hydroxylation sites is 1. The number of hydrogen-bond donors (Lipinski definition) is 1. The van der Waals surface area contributed by atoms with Crippen molar-refractivity contribution in [1.29, 1.82) is 0 Å². The van der Waals surface area contributed by atoms with Crippen LogP contribution < -0.4 is 0 Å². The number of non-ortho nitro benzene ring substituents is 1. The quantitative estimate of drug-likeness (QED) is 0.443. The molecule has 0 aliphatic heterocycles. The standard InChI is InChI=1S/C19H13NO4/c21-19(12-4-3-5-14(10-12)20(22)23)13-8-9-16-15-6-1-2-7-17(15)24-18(16)11-13/h1-11,19,21H/t19-/m1/s1. The highest BCUT2D eigenvalue weighted by Crippen LogP contribution is 2.32. The van der Waals surface area contributed by atoms with Crippen molar-refractivity contribution in [2.45, 2.75) is 6.10 Å². The van der Waals surface area contributed by atoms with Crippen molar-refractivity contribution >= 4 is 27.6 Å². The van der Waals surface area contributed by atoms with E-state index in [4.69, 9.17) is 4.42 Å². The Bertz CT molecular complexity index is 1070. The second-order valence-electron chi connectivity index (χ2n) is 5.61. The van der Waals surface area contributed by atoms with E-state index in [1.807, 2.05) is 36.4 Å². The molecule has 24 heavy (non-hydrogen) atoms. The van der Waals surface area contributed by atoms with Crippen LogP contribution in [0.3, 0.4) is 0 Å². The van der Waals surface area contributed by atoms with E-state index >= 15 is 0 Å². The van der Waals surface area contributed by atoms with Gasteiger partial charge in [-0.1, -0.05) is 42.5 Å². The Morgan fingerprint density at radius 1 is 0.875 bits per heavy atom. The highest BCUT2D eigenvalue weighted by Gasteiger charge is 2.16. The number of hydrogen-bond acceptors (Lipinski definition) is 4. The zero-order valence-electron chi connectivity index (χ0n) is 12.5. The second-order valence-corrected chi connectivity index (χ2v) is 5.61. The van der Waals surface area contributed by atoms with Crippen LogP contribution in [0.4, 0.5) is 5.69 Å². The van der Waals surface area contributed by atoms with Crippen molar-refractivity contribution in [2.24, 2.45) is 0 Å². The zero-order chi connectivity index (χ0) is 16.7. The fraction of sp³-hybridized carbons (Fsp3) is 0.0526. The van der Waals surface area contributed by atoms with Crippen LogP contribution in [0.2, 0.25) is 0 Å². The summed E-state index contributed by atoms with van der Waals surface area (Å²) in [7, 11) is 0. The molecular weight excluding hydrogens is 306 g/mol. The van der Waals surface area contributed by atoms with Crippen LogP contribution in [0.25, 0.3) is 21.9 Å². The van der Waals surface area contributed by atoms with Gasteiger partial charge in [-0.3, -0.25) is 10.1 Å². The molecule has 0 bridgehead atoms. The molecule has 0 saturated heterocycles. The molecule has 0 aliphatic rings. The minimum atomic E-state index is -0.956. The van der Waals surface area contributed by atoms with Gasteiger partial charge in [0.25, 0.3) is 5.69 Å². The molecule has 0 aliphatic carbocycles. The van der Waals surface area contributed by atoms with E-state index in [1.54, 1.807) is 18.2 Å². The van der Waals surface area contributed by atoms with Crippen LogP contribution in [0, 0.1) is 10.1 Å². The van der Waals surface area contributed by atoms with Crippen LogP contribution in [0.1, 0.15) is 17.2 Å². The second kappa shape index (κ2) is 5.47. The van der Waals surface area contributed by atoms with Crippen molar-refractivity contribution < 1.29 is 14.4 Å². The fourth-order valence-electron chi connectivity index (χ4n) is 2.91. The number of nitrogens with zero attached hydrogens (tertiary/aromatic N) is 1. The highest BCUT2D eigenvalue weighted by atomic mass is 16.6. The largest absolute Gasteiger partial charge is 0.456 e. The maximum atomic E-state index is 10.9. The predicted octanol–water partition coefficient (Wildman–Crippen LogP) is 4.58. The van der Waals surface area contributed by atoms with Gasteiger partial charge in [0.15, 0.2) is 0 Å². The summed E-state index contributed by atoms with van der Waals surface area (Å²) in [5.41, 5.74) is 2.52. The van der Waals surface area contributed by atoms with Gasteiger partial charge in [-0.2, -0.15) is 0 Å². The summed E-state index contributed by atoms with van der Waals surface area (Å²) in [6, 6.07) is 19.2. The lowest BCUT2D eigenvalue weighted by atomic mass is 10.00. The Kier molecular flexibility index (Phi) is 3.29. The van der Waals surface area contributed by atoms with E-state index in [2.05, 4.69) is 0 Å². The van der Waals surface area contributed by atoms with Gasteiger partial charge in [0.2, 0.25) is 0 Å². The smallest absolute Gasteiger partial charge is 0.269 e. The summed E-state index contributed by atoms with van der Waals surface area (Å²) in [6.45, 7) is 0. The molecule has 5 heteroatoms. The van der Waals surface area contributed by atoms with Gasteiger partial charge in [-0.25, -0.2) is 0 Å². The van der Waals surface area contributed by atoms with Gasteiger partial charge in [0.1, 0.15) is 17.3 Å². The minimum absolute atomic E-state index is 0.0450. The number of rotatable bonds is 3. The Morgan fingerprint density at radius 3 is 2.46 bits per heavy atom. The van der Waals surface area contributed by atoms with E-state index in [9.17, 15) is 15.2 Å². The molecule has 1 N–H and O–H groups in total. The number of aliphatic hydroxyl groups is 1. The first kappa shape index (κ1) is 14.4. The molecule has 0 saturated carbocycles. The Hall–Kier alpha value is -3.18. The highest BCUT2D eigenvalue weighted by molar-refractivity contribution is 6.04. The van der Waals surface area contributed by atoms with Gasteiger partial charge in [0, 0.05) is 22.9 Å². The number of fused-ring (bicyclic) bond motifs is 3. The van der Waals surface area contributed by atoms with Gasteiger partial charge in [0.05, 0.1) is 4.92 Å². The molecule has 1 atom stereocenters. The van der Waals surface area contributed by atoms with Gasteiger partial charge in [-0.15, -0.1) is 0 Å². The molecule has 4 rings (SSSR count). The van der Waals surface area contributed by atoms with E-state index in [1.165, 1.54) is 12.1 Å². The minimum Gasteiger partial charge on any atom is -0.456 e. The number of benzene rings is 3. The normalized spacial score (nSPS) is 12.5. The third-order valence-electron chi connectivity index (χ3n) is 4.12. The van der Waals surface area contributed by atoms with Gasteiger partial charge < -0.3 is 9.52 Å². The van der Waals surface area contributed by atoms with E-state index in [0.717, 1.165) is 16.4 Å². The predicted molar refractivity (Wildman–Crippen MR) is 90.9 cm³/mol. The average Bonchev–Trinajstić information content (AvgIpc) is 2.99. The van der Waals surface area contributed by atoms with Crippen LogP contribution >= 0.6 is 0 Å². The number of nitro groups is 1. The third-order valence-corrected chi connectivity index (χ3v) is 4.12. The van der Waals surface area contributed by atoms with E-state index in [0.29, 0.717) is 16.7 Å². The van der Waals surface area contributed by atoms with Gasteiger partial charge in [-0.05, 0) is 23.3 Å². The summed E-state index contributed by atoms with van der Waals surface area (Å²) in [5, 5.41) is 23.5. The van der Waals surface area contributed by atoms with Crippen molar-refractivity contribution in [3.8, 4) is 0 Å². The first-order valence-corrected chi connectivity index (χ1v) is 7.47. The van der Waals surface area contributed by atoms with Crippen molar-refractivity contribution in [3.05, 3.63) is 88.0 Å².